The van der Waals surface area contributed by atoms with Gasteiger partial charge in [-0.1, -0.05) is 69.3 Å². The van der Waals surface area contributed by atoms with Crippen LogP contribution in [0.5, 0.6) is 0 Å². The summed E-state index contributed by atoms with van der Waals surface area (Å²) in [6.45, 7) is 8.65. The average Bonchev–Trinajstić information content (AvgIpc) is 3.23. The second-order valence-corrected chi connectivity index (χ2v) is 11.2. The van der Waals surface area contributed by atoms with E-state index in [1.165, 1.54) is 17.0 Å². The van der Waals surface area contributed by atoms with Gasteiger partial charge in [0.05, 0.1) is 23.5 Å². The molecule has 0 unspecified atom stereocenters. The molecular weight excluding hydrogens is 495 g/mol. The minimum Gasteiger partial charge on any atom is -0.302 e. The van der Waals surface area contributed by atoms with Gasteiger partial charge in [0.1, 0.15) is 5.52 Å². The first-order valence-corrected chi connectivity index (χ1v) is 13.0. The molecule has 0 atom stereocenters. The normalized spacial score (nSPS) is 12.6. The number of aromatic nitrogens is 3. The van der Waals surface area contributed by atoms with E-state index < -0.39 is 11.7 Å². The van der Waals surface area contributed by atoms with Gasteiger partial charge in [0.25, 0.3) is 6.33 Å². The minimum absolute atomic E-state index is 0.112. The van der Waals surface area contributed by atoms with Gasteiger partial charge in [0, 0.05) is 11.3 Å². The maximum atomic E-state index is 14.4. The van der Waals surface area contributed by atoms with Crippen LogP contribution in [0, 0.1) is 6.92 Å². The maximum absolute atomic E-state index is 14.4. The molecule has 0 spiro atoms. The summed E-state index contributed by atoms with van der Waals surface area (Å²) < 4.78 is 47.0. The van der Waals surface area contributed by atoms with Crippen molar-refractivity contribution in [3.63, 3.8) is 0 Å². The van der Waals surface area contributed by atoms with Gasteiger partial charge in [-0.2, -0.15) is 13.2 Å². The van der Waals surface area contributed by atoms with Crippen LogP contribution >= 0.6 is 0 Å². The number of nitrogens with zero attached hydrogens (tertiary/aromatic N) is 3. The van der Waals surface area contributed by atoms with E-state index in [9.17, 15) is 13.2 Å². The van der Waals surface area contributed by atoms with Crippen molar-refractivity contribution < 1.29 is 17.7 Å². The van der Waals surface area contributed by atoms with E-state index in [1.54, 1.807) is 17.0 Å². The van der Waals surface area contributed by atoms with E-state index in [2.05, 4.69) is 45.9 Å². The van der Waals surface area contributed by atoms with E-state index in [4.69, 9.17) is 4.98 Å². The lowest BCUT2D eigenvalue weighted by atomic mass is 9.80. The van der Waals surface area contributed by atoms with Crippen molar-refractivity contribution in [3.8, 4) is 16.9 Å². The molecule has 2 heterocycles. The maximum Gasteiger partial charge on any atom is 0.418 e. The smallest absolute Gasteiger partial charge is 0.302 e. The molecular formula is C33H29F3N3+. The summed E-state index contributed by atoms with van der Waals surface area (Å²) >= 11 is 0. The SMILES string of the molecule is Cc1c(-c2c3c(nc[n+]2C)c2cccc(C(F)(F)F)c2n3-c2ccccc2)cc(C(C)(C)C)c2ccccc12. The molecule has 4 aromatic carbocycles. The molecule has 0 radical (unpaired) electrons. The molecule has 0 saturated carbocycles. The molecule has 6 heteroatoms. The Morgan fingerprint density at radius 3 is 2.05 bits per heavy atom. The molecule has 0 bridgehead atoms. The zero-order valence-corrected chi connectivity index (χ0v) is 22.6. The van der Waals surface area contributed by atoms with Crippen LogP contribution in [-0.4, -0.2) is 9.55 Å². The molecule has 0 N–H and O–H groups in total. The fourth-order valence-electron chi connectivity index (χ4n) is 5.81. The van der Waals surface area contributed by atoms with Crippen LogP contribution in [0.3, 0.4) is 0 Å². The van der Waals surface area contributed by atoms with E-state index in [1.807, 2.05) is 54.1 Å². The second kappa shape index (κ2) is 8.67. The van der Waals surface area contributed by atoms with Crippen LogP contribution in [0.25, 0.3) is 49.7 Å². The van der Waals surface area contributed by atoms with Crippen molar-refractivity contribution in [3.05, 3.63) is 102 Å². The quantitative estimate of drug-likeness (QED) is 0.208. The van der Waals surface area contributed by atoms with Crippen LogP contribution < -0.4 is 4.57 Å². The number of aryl methyl sites for hydroxylation is 2. The monoisotopic (exact) mass is 524 g/mol. The fraction of sp³-hybridized carbons (Fsp3) is 0.212. The molecule has 6 aromatic rings. The highest BCUT2D eigenvalue weighted by Crippen LogP contribution is 2.44. The number of hydrogen-bond acceptors (Lipinski definition) is 1. The van der Waals surface area contributed by atoms with Crippen LogP contribution in [0.2, 0.25) is 0 Å². The highest BCUT2D eigenvalue weighted by molar-refractivity contribution is 6.12. The summed E-state index contributed by atoms with van der Waals surface area (Å²) in [6.07, 6.45) is -2.82. The Balaban J connectivity index is 1.87. The number of halogens is 3. The molecule has 39 heavy (non-hydrogen) atoms. The lowest BCUT2D eigenvalue weighted by molar-refractivity contribution is -0.662. The largest absolute Gasteiger partial charge is 0.418 e. The van der Waals surface area contributed by atoms with Crippen LogP contribution in [0.15, 0.2) is 85.2 Å². The van der Waals surface area contributed by atoms with Crippen molar-refractivity contribution in [1.82, 2.24) is 9.55 Å². The molecule has 2 aromatic heterocycles. The third kappa shape index (κ3) is 3.89. The average molecular weight is 525 g/mol. The van der Waals surface area contributed by atoms with E-state index in [0.29, 0.717) is 22.1 Å². The summed E-state index contributed by atoms with van der Waals surface area (Å²) in [6, 6.07) is 24.2. The van der Waals surface area contributed by atoms with E-state index in [0.717, 1.165) is 28.3 Å². The molecule has 0 aliphatic carbocycles. The molecule has 0 fully saturated rings. The van der Waals surface area contributed by atoms with Gasteiger partial charge in [-0.3, -0.25) is 0 Å². The number of hydrogen-bond donors (Lipinski definition) is 0. The van der Waals surface area contributed by atoms with Crippen LogP contribution in [0.1, 0.15) is 37.5 Å². The number of alkyl halides is 3. The van der Waals surface area contributed by atoms with E-state index in [-0.39, 0.29) is 10.9 Å². The summed E-state index contributed by atoms with van der Waals surface area (Å²) in [5.74, 6) is 0. The van der Waals surface area contributed by atoms with Gasteiger partial charge >= 0.3 is 6.18 Å². The predicted molar refractivity (Wildman–Crippen MR) is 151 cm³/mol. The van der Waals surface area contributed by atoms with Crippen molar-refractivity contribution >= 4 is 32.7 Å². The van der Waals surface area contributed by atoms with Gasteiger partial charge < -0.3 is 4.57 Å². The zero-order chi connectivity index (χ0) is 27.7. The Morgan fingerprint density at radius 1 is 0.744 bits per heavy atom. The molecule has 6 rings (SSSR count). The highest BCUT2D eigenvalue weighted by Gasteiger charge is 2.37. The first-order valence-electron chi connectivity index (χ1n) is 13.0. The second-order valence-electron chi connectivity index (χ2n) is 11.2. The first-order chi connectivity index (χ1) is 18.5. The van der Waals surface area contributed by atoms with E-state index >= 15 is 0 Å². The van der Waals surface area contributed by atoms with Crippen molar-refractivity contribution in [2.24, 2.45) is 7.05 Å². The highest BCUT2D eigenvalue weighted by atomic mass is 19.4. The lowest BCUT2D eigenvalue weighted by Crippen LogP contribution is -2.32. The Bertz CT molecular complexity index is 1890. The molecule has 3 nitrogen and oxygen atoms in total. The summed E-state index contributed by atoms with van der Waals surface area (Å²) in [7, 11) is 1.91. The van der Waals surface area contributed by atoms with Gasteiger partial charge in [-0.05, 0) is 69.6 Å². The number of fused-ring (bicyclic) bond motifs is 4. The predicted octanol–water partition coefficient (Wildman–Crippen LogP) is 8.45. The Morgan fingerprint density at radius 2 is 1.38 bits per heavy atom. The first kappa shape index (κ1) is 25.1. The fourth-order valence-corrected chi connectivity index (χ4v) is 5.81. The number of rotatable bonds is 2. The summed E-state index contributed by atoms with van der Waals surface area (Å²) in [5, 5.41) is 2.78. The van der Waals surface area contributed by atoms with Crippen molar-refractivity contribution in [2.45, 2.75) is 39.3 Å². The molecule has 0 amide bonds. The topological polar surface area (TPSA) is 21.7 Å². The molecule has 0 saturated heterocycles. The number of para-hydroxylation sites is 2. The zero-order valence-electron chi connectivity index (χ0n) is 22.6. The standard InChI is InChI=1S/C33H29F3N3/c1-20-22-14-9-10-15-23(22)27(32(2,3)4)18-25(20)30-31-28(37-19-38(30)5)24-16-11-17-26(33(34,35)36)29(24)39(31)21-12-7-6-8-13-21/h6-19H,1-5H3/q+1. The third-order valence-corrected chi connectivity index (χ3v) is 7.60. The van der Waals surface area contributed by atoms with Gasteiger partial charge in [0.2, 0.25) is 5.52 Å². The Kier molecular flexibility index (Phi) is 5.58. The Hall–Kier alpha value is -4.19. The number of benzene rings is 4. The summed E-state index contributed by atoms with van der Waals surface area (Å²) in [5.41, 5.74) is 5.17. The Labute approximate surface area is 225 Å². The molecule has 0 aliphatic rings. The molecule has 0 aliphatic heterocycles. The van der Waals surface area contributed by atoms with Crippen LogP contribution in [0.4, 0.5) is 13.2 Å². The van der Waals surface area contributed by atoms with Gasteiger partial charge in [-0.15, -0.1) is 0 Å². The summed E-state index contributed by atoms with van der Waals surface area (Å²) in [4.78, 5) is 4.70. The third-order valence-electron chi connectivity index (χ3n) is 7.60. The minimum atomic E-state index is -4.53. The lowest BCUT2D eigenvalue weighted by Gasteiger charge is -2.24. The van der Waals surface area contributed by atoms with Crippen molar-refractivity contribution in [1.29, 1.82) is 0 Å². The van der Waals surface area contributed by atoms with Crippen LogP contribution in [-0.2, 0) is 18.6 Å². The molecule has 196 valence electrons. The van der Waals surface area contributed by atoms with Crippen molar-refractivity contribution in [2.75, 3.05) is 0 Å². The van der Waals surface area contributed by atoms with Gasteiger partial charge in [0.15, 0.2) is 5.69 Å². The van der Waals surface area contributed by atoms with Gasteiger partial charge in [-0.25, -0.2) is 4.57 Å².